The van der Waals surface area contributed by atoms with Gasteiger partial charge in [0.05, 0.1) is 0 Å². The molecule has 0 aliphatic heterocycles. The molecule has 2 unspecified atom stereocenters. The number of ether oxygens (including phenoxy) is 4. The molecule has 0 saturated heterocycles. The van der Waals surface area contributed by atoms with Crippen LogP contribution in [-0.2, 0) is 9.47 Å². The number of alkyl halides is 2. The Labute approximate surface area is 211 Å². The Morgan fingerprint density at radius 1 is 0.611 bits per heavy atom. The molecule has 0 bridgehead atoms. The van der Waals surface area contributed by atoms with Crippen LogP contribution in [0.25, 0.3) is 11.1 Å². The van der Waals surface area contributed by atoms with E-state index in [9.17, 15) is 17.6 Å². The van der Waals surface area contributed by atoms with E-state index in [1.54, 1.807) is 26.4 Å². The van der Waals surface area contributed by atoms with E-state index in [2.05, 4.69) is 0 Å². The molecule has 2 atom stereocenters. The summed E-state index contributed by atoms with van der Waals surface area (Å²) in [5.41, 5.74) is 0.860. The highest BCUT2D eigenvalue weighted by atomic mass is 19.1. The van der Waals surface area contributed by atoms with Crippen molar-refractivity contribution in [3.8, 4) is 22.6 Å². The maximum absolute atomic E-state index is 14.5. The van der Waals surface area contributed by atoms with Crippen LogP contribution in [0, 0.1) is 11.6 Å². The van der Waals surface area contributed by atoms with Crippen LogP contribution in [0.2, 0.25) is 0 Å². The highest BCUT2D eigenvalue weighted by Gasteiger charge is 2.14. The molecule has 0 radical (unpaired) electrons. The fraction of sp³-hybridized carbons (Fsp3) is 0.571. The van der Waals surface area contributed by atoms with Gasteiger partial charge in [0.15, 0.2) is 23.1 Å². The second kappa shape index (κ2) is 17.2. The SMILES string of the molecule is COCCCCCC(F)COc1ccc(-c2ccc(OCC(F)CCCCCOC)c(F)c2)cc1F. The second-order valence-corrected chi connectivity index (χ2v) is 8.79. The molecular weight excluding hydrogens is 476 g/mol. The van der Waals surface area contributed by atoms with E-state index in [4.69, 9.17) is 18.9 Å². The summed E-state index contributed by atoms with van der Waals surface area (Å²) < 4.78 is 77.6. The topological polar surface area (TPSA) is 36.9 Å². The van der Waals surface area contributed by atoms with Crippen LogP contribution >= 0.6 is 0 Å². The summed E-state index contributed by atoms with van der Waals surface area (Å²) in [6, 6.07) is 8.38. The smallest absolute Gasteiger partial charge is 0.165 e. The lowest BCUT2D eigenvalue weighted by Crippen LogP contribution is -2.13. The number of hydrogen-bond donors (Lipinski definition) is 0. The quantitative estimate of drug-likeness (QED) is 0.144. The molecule has 4 nitrogen and oxygen atoms in total. The maximum Gasteiger partial charge on any atom is 0.165 e. The summed E-state index contributed by atoms with van der Waals surface area (Å²) in [5.74, 6) is -1.44. The molecule has 36 heavy (non-hydrogen) atoms. The molecule has 0 aliphatic carbocycles. The lowest BCUT2D eigenvalue weighted by atomic mass is 10.0. The highest BCUT2D eigenvalue weighted by Crippen LogP contribution is 2.29. The minimum atomic E-state index is -1.19. The Morgan fingerprint density at radius 3 is 1.39 bits per heavy atom. The van der Waals surface area contributed by atoms with Gasteiger partial charge in [-0.1, -0.05) is 37.8 Å². The van der Waals surface area contributed by atoms with E-state index in [-0.39, 0.29) is 24.7 Å². The predicted octanol–water partition coefficient (Wildman–Crippen LogP) is 7.48. The molecule has 0 N–H and O–H groups in total. The average Bonchev–Trinajstić information content (AvgIpc) is 2.87. The first kappa shape index (κ1) is 29.9. The monoisotopic (exact) mass is 514 g/mol. The molecule has 2 aromatic rings. The number of halogens is 4. The molecule has 202 valence electrons. The molecule has 0 heterocycles. The fourth-order valence-electron chi connectivity index (χ4n) is 3.70. The average molecular weight is 515 g/mol. The fourth-order valence-corrected chi connectivity index (χ4v) is 3.70. The Morgan fingerprint density at radius 2 is 1.03 bits per heavy atom. The third-order valence-corrected chi connectivity index (χ3v) is 5.77. The lowest BCUT2D eigenvalue weighted by Gasteiger charge is -2.13. The van der Waals surface area contributed by atoms with E-state index >= 15 is 0 Å². The van der Waals surface area contributed by atoms with E-state index in [0.29, 0.717) is 50.0 Å². The van der Waals surface area contributed by atoms with Gasteiger partial charge in [-0.15, -0.1) is 0 Å². The van der Waals surface area contributed by atoms with E-state index in [1.165, 1.54) is 24.3 Å². The van der Waals surface area contributed by atoms with Crippen molar-refractivity contribution in [3.63, 3.8) is 0 Å². The van der Waals surface area contributed by atoms with Crippen LogP contribution in [0.15, 0.2) is 36.4 Å². The Bertz CT molecular complexity index is 809. The van der Waals surface area contributed by atoms with Crippen molar-refractivity contribution in [3.05, 3.63) is 48.0 Å². The number of benzene rings is 2. The van der Waals surface area contributed by atoms with Gasteiger partial charge in [0.1, 0.15) is 25.6 Å². The van der Waals surface area contributed by atoms with Crippen LogP contribution < -0.4 is 9.47 Å². The van der Waals surface area contributed by atoms with E-state index in [0.717, 1.165) is 25.7 Å². The minimum Gasteiger partial charge on any atom is -0.487 e. The Hall–Kier alpha value is -2.32. The summed E-state index contributed by atoms with van der Waals surface area (Å²) in [4.78, 5) is 0. The molecule has 2 rings (SSSR count). The van der Waals surface area contributed by atoms with Crippen molar-refractivity contribution < 1.29 is 36.5 Å². The highest BCUT2D eigenvalue weighted by molar-refractivity contribution is 5.65. The summed E-state index contributed by atoms with van der Waals surface area (Å²) in [5, 5.41) is 0. The van der Waals surface area contributed by atoms with Gasteiger partial charge in [0.2, 0.25) is 0 Å². The molecule has 0 spiro atoms. The second-order valence-electron chi connectivity index (χ2n) is 8.79. The van der Waals surface area contributed by atoms with Gasteiger partial charge in [-0.05, 0) is 61.1 Å². The van der Waals surface area contributed by atoms with Gasteiger partial charge < -0.3 is 18.9 Å². The Kier molecular flexibility index (Phi) is 14.3. The van der Waals surface area contributed by atoms with Gasteiger partial charge in [-0.25, -0.2) is 17.6 Å². The molecule has 0 aromatic heterocycles. The molecule has 0 amide bonds. The van der Waals surface area contributed by atoms with Gasteiger partial charge in [-0.3, -0.25) is 0 Å². The zero-order chi connectivity index (χ0) is 26.2. The van der Waals surface area contributed by atoms with Crippen LogP contribution in [0.5, 0.6) is 11.5 Å². The van der Waals surface area contributed by atoms with Gasteiger partial charge in [0.25, 0.3) is 0 Å². The number of unbranched alkanes of at least 4 members (excludes halogenated alkanes) is 4. The van der Waals surface area contributed by atoms with E-state index in [1.807, 2.05) is 0 Å². The van der Waals surface area contributed by atoms with Crippen LogP contribution in [-0.4, -0.2) is 53.0 Å². The normalized spacial score (nSPS) is 12.9. The number of hydrogen-bond acceptors (Lipinski definition) is 4. The van der Waals surface area contributed by atoms with Gasteiger partial charge in [-0.2, -0.15) is 0 Å². The van der Waals surface area contributed by atoms with Crippen LogP contribution in [0.4, 0.5) is 17.6 Å². The summed E-state index contributed by atoms with van der Waals surface area (Å²) in [6.07, 6.45) is 3.20. The first-order valence-electron chi connectivity index (χ1n) is 12.6. The van der Waals surface area contributed by atoms with Crippen molar-refractivity contribution >= 4 is 0 Å². The summed E-state index contributed by atoms with van der Waals surface area (Å²) >= 11 is 0. The molecular formula is C28H38F4O4. The summed E-state index contributed by atoms with van der Waals surface area (Å²) in [7, 11) is 3.26. The van der Waals surface area contributed by atoms with Crippen molar-refractivity contribution in [1.29, 1.82) is 0 Å². The standard InChI is InChI=1S/C28H38F4O4/c1-33-15-7-3-5-9-23(29)19-35-27-13-11-21(17-25(27)31)22-12-14-28(26(32)18-22)36-20-24(30)10-6-4-8-16-34-2/h11-14,17-18,23-24H,3-10,15-16,19-20H2,1-2H3. The predicted molar refractivity (Wildman–Crippen MR) is 133 cm³/mol. The zero-order valence-electron chi connectivity index (χ0n) is 21.2. The van der Waals surface area contributed by atoms with Gasteiger partial charge >= 0.3 is 0 Å². The van der Waals surface area contributed by atoms with Crippen molar-refractivity contribution in [2.45, 2.75) is 63.7 Å². The molecule has 8 heteroatoms. The van der Waals surface area contributed by atoms with Gasteiger partial charge in [0, 0.05) is 27.4 Å². The lowest BCUT2D eigenvalue weighted by molar-refractivity contribution is 0.172. The first-order valence-corrected chi connectivity index (χ1v) is 12.6. The third kappa shape index (κ3) is 11.2. The van der Waals surface area contributed by atoms with Crippen LogP contribution in [0.1, 0.15) is 51.4 Å². The molecule has 0 aliphatic rings. The largest absolute Gasteiger partial charge is 0.487 e. The van der Waals surface area contributed by atoms with Crippen LogP contribution in [0.3, 0.4) is 0 Å². The van der Waals surface area contributed by atoms with Crippen molar-refractivity contribution in [1.82, 2.24) is 0 Å². The first-order chi connectivity index (χ1) is 17.4. The number of methoxy groups -OCH3 is 2. The zero-order valence-corrected chi connectivity index (χ0v) is 21.2. The molecule has 0 saturated carbocycles. The summed E-state index contributed by atoms with van der Waals surface area (Å²) in [6.45, 7) is 0.839. The number of rotatable bonds is 19. The van der Waals surface area contributed by atoms with Crippen molar-refractivity contribution in [2.75, 3.05) is 40.6 Å². The third-order valence-electron chi connectivity index (χ3n) is 5.77. The Balaban J connectivity index is 1.82. The van der Waals surface area contributed by atoms with Crippen molar-refractivity contribution in [2.24, 2.45) is 0 Å². The maximum atomic E-state index is 14.5. The molecule has 2 aromatic carbocycles. The minimum absolute atomic E-state index is 0.0579. The molecule has 0 fully saturated rings. The van der Waals surface area contributed by atoms with E-state index < -0.39 is 24.0 Å².